The Balaban J connectivity index is 2.37. The number of thiocarbonyl (C=S) groups is 1. The Labute approximate surface area is 59.1 Å². The molecule has 48 valence electrons. The van der Waals surface area contributed by atoms with Crippen molar-refractivity contribution in [2.24, 2.45) is 5.92 Å². The molecule has 0 unspecified atom stereocenters. The molecule has 1 heterocycles. The predicted octanol–water partition coefficient (Wildman–Crippen LogP) is 0.568. The lowest BCUT2D eigenvalue weighted by Crippen LogP contribution is -2.25. The van der Waals surface area contributed by atoms with E-state index in [2.05, 4.69) is 18.1 Å². The summed E-state index contributed by atoms with van der Waals surface area (Å²) in [6.45, 7) is 0.991. The zero-order valence-electron chi connectivity index (χ0n) is 4.79. The fourth-order valence-corrected chi connectivity index (χ4v) is 0.659. The van der Waals surface area contributed by atoms with E-state index >= 15 is 0 Å². The van der Waals surface area contributed by atoms with Gasteiger partial charge in [-0.05, 0) is 0 Å². The molecule has 1 aliphatic rings. The summed E-state index contributed by atoms with van der Waals surface area (Å²) in [6.07, 6.45) is 5.10. The predicted molar refractivity (Wildman–Crippen MR) is 36.8 cm³/mol. The molecule has 1 rings (SSSR count). The van der Waals surface area contributed by atoms with Crippen LogP contribution in [0.3, 0.4) is 0 Å². The van der Waals surface area contributed by atoms with Gasteiger partial charge in [0.2, 0.25) is 0 Å². The maximum absolute atomic E-state index is 5.10. The molecule has 0 saturated carbocycles. The first-order valence-electron chi connectivity index (χ1n) is 2.58. The van der Waals surface area contributed by atoms with E-state index in [1.54, 1.807) is 0 Å². The first kappa shape index (κ1) is 6.37. The number of hydrogen-bond acceptors (Lipinski definition) is 3. The fraction of sp³-hybridized carbons (Fsp3) is 0.500. The van der Waals surface area contributed by atoms with Crippen LogP contribution in [0.1, 0.15) is 0 Å². The molecular formula is C6H6O2S. The van der Waals surface area contributed by atoms with E-state index < -0.39 is 0 Å². The second-order valence-electron chi connectivity index (χ2n) is 1.74. The Morgan fingerprint density at radius 2 is 2.11 bits per heavy atom. The van der Waals surface area contributed by atoms with E-state index in [9.17, 15) is 0 Å². The minimum atomic E-state index is 0.0664. The number of hydrogen-bond donors (Lipinski definition) is 0. The summed E-state index contributed by atoms with van der Waals surface area (Å²) in [5.74, 6) is 2.58. The highest BCUT2D eigenvalue weighted by molar-refractivity contribution is 7.79. The summed E-state index contributed by atoms with van der Waals surface area (Å²) in [5, 5.41) is 0.210. The van der Waals surface area contributed by atoms with Crippen molar-refractivity contribution in [3.05, 3.63) is 0 Å². The average Bonchev–Trinajstić information content (AvgIpc) is 1.90. The normalized spacial score (nSPS) is 19.7. The van der Waals surface area contributed by atoms with E-state index in [0.717, 1.165) is 0 Å². The van der Waals surface area contributed by atoms with Crippen LogP contribution in [-0.2, 0) is 9.47 Å². The molecular weight excluding hydrogens is 136 g/mol. The van der Waals surface area contributed by atoms with E-state index in [0.29, 0.717) is 13.2 Å². The molecule has 0 amide bonds. The zero-order valence-corrected chi connectivity index (χ0v) is 5.61. The molecule has 0 spiro atoms. The number of ether oxygens (including phenoxy) is 2. The van der Waals surface area contributed by atoms with E-state index in [1.807, 2.05) is 0 Å². The smallest absolute Gasteiger partial charge is 0.352 e. The van der Waals surface area contributed by atoms with Crippen LogP contribution in [-0.4, -0.2) is 18.5 Å². The maximum atomic E-state index is 5.10. The Bertz CT molecular complexity index is 149. The summed E-state index contributed by atoms with van der Waals surface area (Å²) in [5.41, 5.74) is 0. The highest BCUT2D eigenvalue weighted by Gasteiger charge is 2.15. The molecule has 3 heteroatoms. The molecule has 1 aliphatic heterocycles. The average molecular weight is 142 g/mol. The Morgan fingerprint density at radius 1 is 1.56 bits per heavy atom. The molecule has 9 heavy (non-hydrogen) atoms. The van der Waals surface area contributed by atoms with Crippen LogP contribution in [0.15, 0.2) is 0 Å². The van der Waals surface area contributed by atoms with Gasteiger partial charge in [-0.2, -0.15) is 0 Å². The molecule has 0 aromatic rings. The molecule has 2 nitrogen and oxygen atoms in total. The van der Waals surface area contributed by atoms with Gasteiger partial charge in [0.1, 0.15) is 13.2 Å². The van der Waals surface area contributed by atoms with Crippen LogP contribution in [0, 0.1) is 18.3 Å². The first-order chi connectivity index (χ1) is 4.33. The van der Waals surface area contributed by atoms with Crippen molar-refractivity contribution in [3.63, 3.8) is 0 Å². The molecule has 0 atom stereocenters. The van der Waals surface area contributed by atoms with Crippen molar-refractivity contribution in [3.8, 4) is 12.3 Å². The topological polar surface area (TPSA) is 18.5 Å². The van der Waals surface area contributed by atoms with Crippen LogP contribution in [0.5, 0.6) is 0 Å². The van der Waals surface area contributed by atoms with Gasteiger partial charge in [0.05, 0.1) is 5.92 Å². The number of terminal acetylenes is 1. The van der Waals surface area contributed by atoms with Crippen molar-refractivity contribution < 1.29 is 9.47 Å². The minimum Gasteiger partial charge on any atom is -0.455 e. The quantitative estimate of drug-likeness (QED) is 0.364. The summed E-state index contributed by atoms with van der Waals surface area (Å²) < 4.78 is 9.70. The van der Waals surface area contributed by atoms with Gasteiger partial charge in [0.25, 0.3) is 0 Å². The third-order valence-electron chi connectivity index (χ3n) is 1.04. The standard InChI is InChI=1S/C6H6O2S/c1-2-5-3-7-6(9)8-4-5/h1,5H,3-4H2. The third-order valence-corrected chi connectivity index (χ3v) is 1.28. The summed E-state index contributed by atoms with van der Waals surface area (Å²) in [4.78, 5) is 0. The Morgan fingerprint density at radius 3 is 2.56 bits per heavy atom. The lowest BCUT2D eigenvalue weighted by atomic mass is 10.2. The maximum Gasteiger partial charge on any atom is 0.352 e. The van der Waals surface area contributed by atoms with Gasteiger partial charge in [-0.3, -0.25) is 0 Å². The van der Waals surface area contributed by atoms with Gasteiger partial charge >= 0.3 is 5.24 Å². The Kier molecular flexibility index (Phi) is 1.91. The van der Waals surface area contributed by atoms with Gasteiger partial charge in [-0.1, -0.05) is 5.92 Å². The summed E-state index contributed by atoms with van der Waals surface area (Å²) in [6, 6.07) is 0. The van der Waals surface area contributed by atoms with Crippen molar-refractivity contribution >= 4 is 17.5 Å². The second-order valence-corrected chi connectivity index (χ2v) is 2.07. The van der Waals surface area contributed by atoms with Crippen LogP contribution >= 0.6 is 12.2 Å². The van der Waals surface area contributed by atoms with Crippen LogP contribution < -0.4 is 0 Å². The third kappa shape index (κ3) is 1.58. The first-order valence-corrected chi connectivity index (χ1v) is 2.99. The van der Waals surface area contributed by atoms with Gasteiger partial charge in [-0.15, -0.1) is 6.42 Å². The minimum absolute atomic E-state index is 0.0664. The molecule has 0 aromatic heterocycles. The van der Waals surface area contributed by atoms with E-state index in [1.165, 1.54) is 0 Å². The zero-order chi connectivity index (χ0) is 6.69. The molecule has 0 bridgehead atoms. The van der Waals surface area contributed by atoms with Crippen LogP contribution in [0.25, 0.3) is 0 Å². The molecule has 0 aliphatic carbocycles. The molecule has 1 fully saturated rings. The second kappa shape index (κ2) is 2.70. The fourth-order valence-electron chi connectivity index (χ4n) is 0.523. The summed E-state index contributed by atoms with van der Waals surface area (Å²) in [7, 11) is 0. The van der Waals surface area contributed by atoms with Crippen molar-refractivity contribution in [2.75, 3.05) is 13.2 Å². The highest BCUT2D eigenvalue weighted by atomic mass is 32.1. The van der Waals surface area contributed by atoms with Gasteiger partial charge < -0.3 is 9.47 Å². The summed E-state index contributed by atoms with van der Waals surface area (Å²) >= 11 is 4.59. The van der Waals surface area contributed by atoms with Crippen LogP contribution in [0.4, 0.5) is 0 Å². The lowest BCUT2D eigenvalue weighted by molar-refractivity contribution is 0.0872. The van der Waals surface area contributed by atoms with Crippen LogP contribution in [0.2, 0.25) is 0 Å². The SMILES string of the molecule is C#CC1COC(=S)OC1. The van der Waals surface area contributed by atoms with Crippen molar-refractivity contribution in [1.29, 1.82) is 0 Å². The van der Waals surface area contributed by atoms with Crippen molar-refractivity contribution in [1.82, 2.24) is 0 Å². The lowest BCUT2D eigenvalue weighted by Gasteiger charge is -2.18. The van der Waals surface area contributed by atoms with Gasteiger partial charge in [-0.25, -0.2) is 0 Å². The Hall–Kier alpha value is -0.750. The molecule has 1 saturated heterocycles. The largest absolute Gasteiger partial charge is 0.455 e. The van der Waals surface area contributed by atoms with E-state index in [4.69, 9.17) is 15.9 Å². The monoisotopic (exact) mass is 142 g/mol. The van der Waals surface area contributed by atoms with Gasteiger partial charge in [0.15, 0.2) is 0 Å². The number of rotatable bonds is 0. The van der Waals surface area contributed by atoms with Crippen molar-refractivity contribution in [2.45, 2.75) is 0 Å². The van der Waals surface area contributed by atoms with E-state index in [-0.39, 0.29) is 11.2 Å². The highest BCUT2D eigenvalue weighted by Crippen LogP contribution is 2.05. The van der Waals surface area contributed by atoms with Gasteiger partial charge in [0, 0.05) is 12.2 Å². The molecule has 0 radical (unpaired) electrons. The molecule has 0 N–H and O–H groups in total. The molecule has 0 aromatic carbocycles.